The second-order valence-corrected chi connectivity index (χ2v) is 4.28. The predicted octanol–water partition coefficient (Wildman–Crippen LogP) is 0.569. The molecule has 0 spiro atoms. The Morgan fingerprint density at radius 2 is 2.55 bits per heavy atom. The third-order valence-corrected chi connectivity index (χ3v) is 2.95. The SMILES string of the molecule is CCOC(=O)c1cc(N2CCOC(C#N)C2)ncc1N. The van der Waals surface area contributed by atoms with Gasteiger partial charge in [-0.05, 0) is 13.0 Å². The highest BCUT2D eigenvalue weighted by Crippen LogP contribution is 2.21. The number of nitrogens with zero attached hydrogens (tertiary/aromatic N) is 3. The molecule has 1 aromatic heterocycles. The van der Waals surface area contributed by atoms with E-state index in [1.807, 2.05) is 4.90 Å². The molecule has 0 aromatic carbocycles. The first kappa shape index (κ1) is 14.1. The second kappa shape index (κ2) is 6.21. The lowest BCUT2D eigenvalue weighted by Gasteiger charge is -2.30. The summed E-state index contributed by atoms with van der Waals surface area (Å²) in [4.78, 5) is 17.9. The molecule has 1 fully saturated rings. The van der Waals surface area contributed by atoms with Gasteiger partial charge in [-0.25, -0.2) is 9.78 Å². The van der Waals surface area contributed by atoms with E-state index in [0.29, 0.717) is 25.5 Å². The number of pyridine rings is 1. The Morgan fingerprint density at radius 1 is 1.75 bits per heavy atom. The van der Waals surface area contributed by atoms with E-state index in [1.54, 1.807) is 13.0 Å². The van der Waals surface area contributed by atoms with Gasteiger partial charge in [0.15, 0.2) is 6.10 Å². The molecule has 0 bridgehead atoms. The molecule has 1 aliphatic rings. The number of nitrogens with two attached hydrogens (primary N) is 1. The summed E-state index contributed by atoms with van der Waals surface area (Å²) in [5.41, 5.74) is 6.31. The first-order valence-electron chi connectivity index (χ1n) is 6.34. The summed E-state index contributed by atoms with van der Waals surface area (Å²) in [7, 11) is 0. The van der Waals surface area contributed by atoms with Gasteiger partial charge in [-0.3, -0.25) is 0 Å². The van der Waals surface area contributed by atoms with Crippen LogP contribution in [0.25, 0.3) is 0 Å². The van der Waals surface area contributed by atoms with Gasteiger partial charge < -0.3 is 20.1 Å². The van der Waals surface area contributed by atoms with Gasteiger partial charge in [0.05, 0.1) is 43.3 Å². The van der Waals surface area contributed by atoms with Crippen molar-refractivity contribution in [3.05, 3.63) is 17.8 Å². The van der Waals surface area contributed by atoms with E-state index in [9.17, 15) is 4.79 Å². The lowest BCUT2D eigenvalue weighted by molar-refractivity contribution is 0.0527. The van der Waals surface area contributed by atoms with Crippen LogP contribution in [0, 0.1) is 11.3 Å². The number of aromatic nitrogens is 1. The van der Waals surface area contributed by atoms with Crippen LogP contribution in [-0.2, 0) is 9.47 Å². The van der Waals surface area contributed by atoms with Crippen molar-refractivity contribution >= 4 is 17.5 Å². The van der Waals surface area contributed by atoms with Gasteiger partial charge in [-0.1, -0.05) is 0 Å². The maximum Gasteiger partial charge on any atom is 0.340 e. The van der Waals surface area contributed by atoms with Crippen molar-refractivity contribution in [2.75, 3.05) is 36.9 Å². The van der Waals surface area contributed by atoms with Crippen LogP contribution in [0.1, 0.15) is 17.3 Å². The number of anilines is 2. The predicted molar refractivity (Wildman–Crippen MR) is 72.2 cm³/mol. The molecule has 7 nitrogen and oxygen atoms in total. The zero-order valence-electron chi connectivity index (χ0n) is 11.2. The lowest BCUT2D eigenvalue weighted by Crippen LogP contribution is -2.42. The first-order chi connectivity index (χ1) is 9.65. The van der Waals surface area contributed by atoms with Gasteiger partial charge in [-0.15, -0.1) is 0 Å². The smallest absolute Gasteiger partial charge is 0.340 e. The fourth-order valence-electron chi connectivity index (χ4n) is 1.95. The standard InChI is InChI=1S/C13H16N4O3/c1-2-19-13(18)10-5-12(16-7-11(10)15)17-3-4-20-9(6-14)8-17/h5,7,9H,2-4,8,15H2,1H3. The van der Waals surface area contributed by atoms with Crippen molar-refractivity contribution in [3.8, 4) is 6.07 Å². The molecule has 1 aromatic rings. The minimum Gasteiger partial charge on any atom is -0.462 e. The molecular weight excluding hydrogens is 260 g/mol. The number of hydrogen-bond acceptors (Lipinski definition) is 7. The number of morpholine rings is 1. The summed E-state index contributed by atoms with van der Waals surface area (Å²) in [5, 5.41) is 8.90. The Morgan fingerprint density at radius 3 is 3.25 bits per heavy atom. The Hall–Kier alpha value is -2.33. The largest absolute Gasteiger partial charge is 0.462 e. The average molecular weight is 276 g/mol. The normalized spacial score (nSPS) is 18.4. The van der Waals surface area contributed by atoms with Crippen molar-refractivity contribution in [1.29, 1.82) is 5.26 Å². The van der Waals surface area contributed by atoms with E-state index < -0.39 is 12.1 Å². The van der Waals surface area contributed by atoms with E-state index in [4.69, 9.17) is 20.5 Å². The molecule has 1 unspecified atom stereocenters. The first-order valence-corrected chi connectivity index (χ1v) is 6.34. The Balaban J connectivity index is 2.23. The van der Waals surface area contributed by atoms with E-state index in [1.165, 1.54) is 6.20 Å². The number of nitrogen functional groups attached to an aromatic ring is 1. The monoisotopic (exact) mass is 276 g/mol. The lowest BCUT2D eigenvalue weighted by atomic mass is 10.2. The van der Waals surface area contributed by atoms with Gasteiger partial charge in [0.1, 0.15) is 5.82 Å². The summed E-state index contributed by atoms with van der Waals surface area (Å²) < 4.78 is 10.2. The van der Waals surface area contributed by atoms with Crippen LogP contribution in [0.2, 0.25) is 0 Å². The van der Waals surface area contributed by atoms with Crippen LogP contribution in [0.5, 0.6) is 0 Å². The van der Waals surface area contributed by atoms with E-state index in [0.717, 1.165) is 0 Å². The highest BCUT2D eigenvalue weighted by molar-refractivity contribution is 5.95. The highest BCUT2D eigenvalue weighted by atomic mass is 16.5. The van der Waals surface area contributed by atoms with E-state index in [-0.39, 0.29) is 17.9 Å². The van der Waals surface area contributed by atoms with E-state index >= 15 is 0 Å². The molecule has 1 aliphatic heterocycles. The summed E-state index contributed by atoms with van der Waals surface area (Å²) in [6.07, 6.45) is 0.937. The molecule has 0 amide bonds. The summed E-state index contributed by atoms with van der Waals surface area (Å²) >= 11 is 0. The fourth-order valence-corrected chi connectivity index (χ4v) is 1.95. The maximum atomic E-state index is 11.8. The van der Waals surface area contributed by atoms with Gasteiger partial charge >= 0.3 is 5.97 Å². The molecule has 106 valence electrons. The number of rotatable bonds is 3. The van der Waals surface area contributed by atoms with Crippen LogP contribution < -0.4 is 10.6 Å². The van der Waals surface area contributed by atoms with Gasteiger partial charge in [0.2, 0.25) is 0 Å². The van der Waals surface area contributed by atoms with Crippen LogP contribution in [0.15, 0.2) is 12.3 Å². The Labute approximate surface area is 116 Å². The van der Waals surface area contributed by atoms with Crippen molar-refractivity contribution in [2.24, 2.45) is 0 Å². The quantitative estimate of drug-likeness (QED) is 0.805. The van der Waals surface area contributed by atoms with Crippen molar-refractivity contribution in [1.82, 2.24) is 4.98 Å². The minimum absolute atomic E-state index is 0.275. The van der Waals surface area contributed by atoms with Crippen molar-refractivity contribution in [2.45, 2.75) is 13.0 Å². The molecule has 0 saturated carbocycles. The molecular formula is C13H16N4O3. The third kappa shape index (κ3) is 2.97. The summed E-state index contributed by atoms with van der Waals surface area (Å²) in [5.74, 6) is 0.115. The van der Waals surface area contributed by atoms with Crippen LogP contribution in [0.3, 0.4) is 0 Å². The highest BCUT2D eigenvalue weighted by Gasteiger charge is 2.22. The van der Waals surface area contributed by atoms with Crippen molar-refractivity contribution < 1.29 is 14.3 Å². The van der Waals surface area contributed by atoms with Gasteiger partial charge in [-0.2, -0.15) is 5.26 Å². The van der Waals surface area contributed by atoms with Crippen LogP contribution in [-0.4, -0.2) is 43.4 Å². The molecule has 0 radical (unpaired) electrons. The molecule has 2 rings (SSSR count). The second-order valence-electron chi connectivity index (χ2n) is 4.28. The van der Waals surface area contributed by atoms with E-state index in [2.05, 4.69) is 11.1 Å². The number of ether oxygens (including phenoxy) is 2. The molecule has 0 aliphatic carbocycles. The zero-order chi connectivity index (χ0) is 14.5. The third-order valence-electron chi connectivity index (χ3n) is 2.95. The fraction of sp³-hybridized carbons (Fsp3) is 0.462. The average Bonchev–Trinajstić information content (AvgIpc) is 2.48. The number of esters is 1. The number of carbonyl (C=O) groups is 1. The summed E-state index contributed by atoms with van der Waals surface area (Å²) in [6, 6.07) is 3.66. The molecule has 7 heteroatoms. The Kier molecular flexibility index (Phi) is 4.38. The molecule has 20 heavy (non-hydrogen) atoms. The van der Waals surface area contributed by atoms with Crippen molar-refractivity contribution in [3.63, 3.8) is 0 Å². The number of hydrogen-bond donors (Lipinski definition) is 1. The summed E-state index contributed by atoms with van der Waals surface area (Å²) in [6.45, 7) is 3.48. The Bertz CT molecular complexity index is 541. The number of carbonyl (C=O) groups excluding carboxylic acids is 1. The molecule has 1 saturated heterocycles. The van der Waals surface area contributed by atoms with Gasteiger partial charge in [0.25, 0.3) is 0 Å². The van der Waals surface area contributed by atoms with Crippen LogP contribution >= 0.6 is 0 Å². The van der Waals surface area contributed by atoms with Gasteiger partial charge in [0, 0.05) is 6.54 Å². The molecule has 2 N–H and O–H groups in total. The maximum absolute atomic E-state index is 11.8. The van der Waals surface area contributed by atoms with Crippen LogP contribution in [0.4, 0.5) is 11.5 Å². The topological polar surface area (TPSA) is 101 Å². The minimum atomic E-state index is -0.492. The molecule has 1 atom stereocenters. The zero-order valence-corrected chi connectivity index (χ0v) is 11.2. The molecule has 2 heterocycles. The number of nitriles is 1.